The number of nitriles is 1. The van der Waals surface area contributed by atoms with E-state index >= 15 is 0 Å². The van der Waals surface area contributed by atoms with E-state index in [-0.39, 0.29) is 12.0 Å². The van der Waals surface area contributed by atoms with Gasteiger partial charge in [-0.3, -0.25) is 9.59 Å². The molecule has 0 aliphatic rings. The van der Waals surface area contributed by atoms with Crippen LogP contribution < -0.4 is 15.5 Å². The van der Waals surface area contributed by atoms with E-state index in [2.05, 4.69) is 10.6 Å². The number of nitrogens with zero attached hydrogens (tertiary/aromatic N) is 2. The lowest BCUT2D eigenvalue weighted by atomic mass is 10.2. The predicted molar refractivity (Wildman–Crippen MR) is 110 cm³/mol. The Bertz CT molecular complexity index is 915. The summed E-state index contributed by atoms with van der Waals surface area (Å²) in [6.07, 6.45) is -1.25. The van der Waals surface area contributed by atoms with Crippen LogP contribution in [0.2, 0.25) is 0 Å². The summed E-state index contributed by atoms with van der Waals surface area (Å²) in [4.78, 5) is 37.8. The fourth-order valence-corrected chi connectivity index (χ4v) is 2.34. The minimum Gasteiger partial charge on any atom is -0.449 e. The zero-order valence-electron chi connectivity index (χ0n) is 16.4. The molecule has 0 unspecified atom stereocenters. The van der Waals surface area contributed by atoms with E-state index in [4.69, 9.17) is 10.00 Å². The number of esters is 1. The second-order valence-corrected chi connectivity index (χ2v) is 6.44. The molecule has 2 amide bonds. The van der Waals surface area contributed by atoms with Crippen molar-refractivity contribution in [1.29, 1.82) is 5.26 Å². The van der Waals surface area contributed by atoms with Gasteiger partial charge in [0.15, 0.2) is 6.10 Å². The third-order valence-electron chi connectivity index (χ3n) is 3.95. The van der Waals surface area contributed by atoms with E-state index in [0.717, 1.165) is 5.69 Å². The summed E-state index contributed by atoms with van der Waals surface area (Å²) >= 11 is 0. The fourth-order valence-electron chi connectivity index (χ4n) is 2.34. The Hall–Kier alpha value is -3.86. The molecule has 2 aromatic carbocycles. The van der Waals surface area contributed by atoms with Crippen LogP contribution in [-0.2, 0) is 14.3 Å². The first-order valence-corrected chi connectivity index (χ1v) is 8.86. The van der Waals surface area contributed by atoms with Crippen LogP contribution in [0.5, 0.6) is 0 Å². The molecule has 2 aromatic rings. The third kappa shape index (κ3) is 6.36. The Morgan fingerprint density at radius 2 is 1.55 bits per heavy atom. The standard InChI is InChI=1S/C21H22N4O4/c1-14(20(27)24-17-8-10-18(11-9-17)25(2)3)29-21(28)15-4-6-16(7-5-15)23-19(26)12-13-22/h4-11,14H,12H2,1-3H3,(H,23,26)(H,24,27)/t14-/m0/s1. The Balaban J connectivity index is 1.91. The van der Waals surface area contributed by atoms with Crippen molar-refractivity contribution in [3.8, 4) is 6.07 Å². The van der Waals surface area contributed by atoms with Crippen molar-refractivity contribution in [1.82, 2.24) is 0 Å². The van der Waals surface area contributed by atoms with Crippen molar-refractivity contribution >= 4 is 34.8 Å². The maximum atomic E-state index is 12.3. The number of ether oxygens (including phenoxy) is 1. The van der Waals surface area contributed by atoms with Gasteiger partial charge >= 0.3 is 5.97 Å². The highest BCUT2D eigenvalue weighted by Gasteiger charge is 2.19. The van der Waals surface area contributed by atoms with Crippen LogP contribution in [0.15, 0.2) is 48.5 Å². The van der Waals surface area contributed by atoms with Gasteiger partial charge in [-0.25, -0.2) is 4.79 Å². The molecule has 150 valence electrons. The number of benzene rings is 2. The number of anilines is 3. The lowest BCUT2D eigenvalue weighted by Gasteiger charge is -2.15. The molecule has 0 aliphatic heterocycles. The summed E-state index contributed by atoms with van der Waals surface area (Å²) in [5, 5.41) is 13.7. The zero-order valence-corrected chi connectivity index (χ0v) is 16.4. The zero-order chi connectivity index (χ0) is 21.4. The van der Waals surface area contributed by atoms with E-state index in [1.165, 1.54) is 31.2 Å². The van der Waals surface area contributed by atoms with Crippen LogP contribution in [0.4, 0.5) is 17.1 Å². The highest BCUT2D eigenvalue weighted by molar-refractivity contribution is 5.98. The molecule has 0 fully saturated rings. The van der Waals surface area contributed by atoms with Crippen molar-refractivity contribution in [3.63, 3.8) is 0 Å². The van der Waals surface area contributed by atoms with Gasteiger partial charge in [-0.2, -0.15) is 5.26 Å². The first-order chi connectivity index (χ1) is 13.8. The number of amides is 2. The molecule has 0 radical (unpaired) electrons. The molecule has 8 nitrogen and oxygen atoms in total. The van der Waals surface area contributed by atoms with Gasteiger partial charge in [-0.1, -0.05) is 0 Å². The number of hydrogen-bond donors (Lipinski definition) is 2. The number of hydrogen-bond acceptors (Lipinski definition) is 6. The van der Waals surface area contributed by atoms with Crippen LogP contribution in [0.1, 0.15) is 23.7 Å². The third-order valence-corrected chi connectivity index (χ3v) is 3.95. The first kappa shape index (κ1) is 21.4. The quantitative estimate of drug-likeness (QED) is 0.699. The van der Waals surface area contributed by atoms with E-state index < -0.39 is 23.9 Å². The highest BCUT2D eigenvalue weighted by Crippen LogP contribution is 2.16. The van der Waals surface area contributed by atoms with Crippen molar-refractivity contribution in [2.24, 2.45) is 0 Å². The Labute approximate surface area is 169 Å². The minimum atomic E-state index is -0.994. The summed E-state index contributed by atoms with van der Waals surface area (Å²) in [6, 6.07) is 15.0. The largest absolute Gasteiger partial charge is 0.449 e. The summed E-state index contributed by atoms with van der Waals surface area (Å²) in [6.45, 7) is 1.48. The van der Waals surface area contributed by atoms with Gasteiger partial charge in [0.1, 0.15) is 6.42 Å². The second kappa shape index (κ2) is 9.90. The van der Waals surface area contributed by atoms with Crippen LogP contribution in [0.3, 0.4) is 0 Å². The fraction of sp³-hybridized carbons (Fsp3) is 0.238. The second-order valence-electron chi connectivity index (χ2n) is 6.44. The lowest BCUT2D eigenvalue weighted by molar-refractivity contribution is -0.123. The number of nitrogens with one attached hydrogen (secondary N) is 2. The Kier molecular flexibility index (Phi) is 7.32. The van der Waals surface area contributed by atoms with Crippen LogP contribution >= 0.6 is 0 Å². The average Bonchev–Trinajstić information content (AvgIpc) is 2.69. The molecule has 8 heteroatoms. The van der Waals surface area contributed by atoms with Crippen molar-refractivity contribution in [2.45, 2.75) is 19.4 Å². The molecule has 0 aromatic heterocycles. The minimum absolute atomic E-state index is 0.235. The number of carbonyl (C=O) groups is 3. The van der Waals surface area contributed by atoms with Crippen LogP contribution in [-0.4, -0.2) is 38.0 Å². The normalized spacial score (nSPS) is 11.0. The van der Waals surface area contributed by atoms with Crippen molar-refractivity contribution < 1.29 is 19.1 Å². The van der Waals surface area contributed by atoms with Gasteiger partial charge in [-0.05, 0) is 55.5 Å². The molecule has 0 saturated heterocycles. The summed E-state index contributed by atoms with van der Waals surface area (Å²) in [5.41, 5.74) is 2.28. The summed E-state index contributed by atoms with van der Waals surface area (Å²) in [7, 11) is 3.84. The number of rotatable bonds is 7. The summed E-state index contributed by atoms with van der Waals surface area (Å²) < 4.78 is 5.20. The molecule has 29 heavy (non-hydrogen) atoms. The van der Waals surface area contributed by atoms with Gasteiger partial charge in [-0.15, -0.1) is 0 Å². The van der Waals surface area contributed by atoms with Gasteiger partial charge in [0.25, 0.3) is 5.91 Å². The summed E-state index contributed by atoms with van der Waals surface area (Å²) in [5.74, 6) is -1.55. The lowest BCUT2D eigenvalue weighted by Crippen LogP contribution is -2.30. The maximum Gasteiger partial charge on any atom is 0.338 e. The molecule has 0 spiro atoms. The highest BCUT2D eigenvalue weighted by atomic mass is 16.5. The van der Waals surface area contributed by atoms with Crippen molar-refractivity contribution in [3.05, 3.63) is 54.1 Å². The molecule has 0 heterocycles. The first-order valence-electron chi connectivity index (χ1n) is 8.86. The molecule has 2 rings (SSSR count). The smallest absolute Gasteiger partial charge is 0.338 e. The SMILES string of the molecule is C[C@H](OC(=O)c1ccc(NC(=O)CC#N)cc1)C(=O)Nc1ccc(N(C)C)cc1. The van der Waals surface area contributed by atoms with Crippen molar-refractivity contribution in [2.75, 3.05) is 29.6 Å². The van der Waals surface area contributed by atoms with E-state index in [1.54, 1.807) is 18.2 Å². The van der Waals surface area contributed by atoms with Gasteiger partial charge < -0.3 is 20.3 Å². The van der Waals surface area contributed by atoms with E-state index in [9.17, 15) is 14.4 Å². The van der Waals surface area contributed by atoms with E-state index in [1.807, 2.05) is 31.1 Å². The predicted octanol–water partition coefficient (Wildman–Crippen LogP) is 2.79. The topological polar surface area (TPSA) is 112 Å². The van der Waals surface area contributed by atoms with Gasteiger partial charge in [0.2, 0.25) is 5.91 Å². The van der Waals surface area contributed by atoms with Crippen LogP contribution in [0, 0.1) is 11.3 Å². The van der Waals surface area contributed by atoms with E-state index in [0.29, 0.717) is 11.4 Å². The molecule has 0 saturated carbocycles. The van der Waals surface area contributed by atoms with Gasteiger partial charge in [0.05, 0.1) is 11.6 Å². The monoisotopic (exact) mass is 394 g/mol. The molecule has 1 atom stereocenters. The average molecular weight is 394 g/mol. The molecular weight excluding hydrogens is 372 g/mol. The molecular formula is C21H22N4O4. The molecule has 2 N–H and O–H groups in total. The Morgan fingerprint density at radius 3 is 2.10 bits per heavy atom. The molecule has 0 aliphatic carbocycles. The maximum absolute atomic E-state index is 12.3. The van der Waals surface area contributed by atoms with Crippen LogP contribution in [0.25, 0.3) is 0 Å². The Morgan fingerprint density at radius 1 is 1.00 bits per heavy atom. The molecule has 0 bridgehead atoms. The van der Waals surface area contributed by atoms with Gasteiger partial charge in [0, 0.05) is 31.2 Å². The number of carbonyl (C=O) groups excluding carboxylic acids is 3.